The van der Waals surface area contributed by atoms with Gasteiger partial charge in [0.15, 0.2) is 5.72 Å². The molecule has 0 aliphatic carbocycles. The van der Waals surface area contributed by atoms with E-state index in [-0.39, 0.29) is 0 Å². The molecule has 2 rings (SSSR count). The van der Waals surface area contributed by atoms with Crippen LogP contribution in [0.4, 0.5) is 0 Å². The quantitative estimate of drug-likeness (QED) is 0.800. The zero-order valence-corrected chi connectivity index (χ0v) is 9.75. The predicted octanol–water partition coefficient (Wildman–Crippen LogP) is 2.97. The number of rotatable bonds is 3. The maximum absolute atomic E-state index is 10.2. The number of hydrogen-bond donors (Lipinski definition) is 1. The first-order valence-electron chi connectivity index (χ1n) is 5.57. The zero-order valence-electron chi connectivity index (χ0n) is 9.75. The zero-order chi connectivity index (χ0) is 12.1. The second-order valence-electron chi connectivity index (χ2n) is 4.06. The minimum absolute atomic E-state index is 0.784. The highest BCUT2D eigenvalue weighted by atomic mass is 16.3. The van der Waals surface area contributed by atoms with Gasteiger partial charge in [0, 0.05) is 11.8 Å². The molecule has 0 heterocycles. The molecule has 0 bridgehead atoms. The Labute approximate surface area is 101 Å². The van der Waals surface area contributed by atoms with Crippen LogP contribution in [-0.2, 0) is 5.72 Å². The molecule has 0 saturated carbocycles. The standard InChI is InChI=1S/C15H15NO/c1-15(17,14-10-6-3-7-11-14)16-12-13-8-4-2-5-9-13/h2-12,17H,1H3. The van der Waals surface area contributed by atoms with Crippen molar-refractivity contribution in [1.29, 1.82) is 0 Å². The molecule has 0 aliphatic heterocycles. The molecule has 2 aromatic rings. The summed E-state index contributed by atoms with van der Waals surface area (Å²) >= 11 is 0. The molecule has 0 amide bonds. The van der Waals surface area contributed by atoms with Gasteiger partial charge in [0.05, 0.1) is 0 Å². The molecule has 2 aromatic carbocycles. The van der Waals surface area contributed by atoms with E-state index < -0.39 is 5.72 Å². The molecule has 1 atom stereocenters. The van der Waals surface area contributed by atoms with E-state index in [9.17, 15) is 5.11 Å². The molecule has 0 spiro atoms. The van der Waals surface area contributed by atoms with Crippen molar-refractivity contribution in [3.8, 4) is 0 Å². The lowest BCUT2D eigenvalue weighted by atomic mass is 10.1. The van der Waals surface area contributed by atoms with E-state index in [1.54, 1.807) is 13.1 Å². The van der Waals surface area contributed by atoms with Crippen LogP contribution in [0, 0.1) is 0 Å². The molecule has 0 saturated heterocycles. The van der Waals surface area contributed by atoms with Crippen LogP contribution in [0.25, 0.3) is 0 Å². The van der Waals surface area contributed by atoms with Crippen molar-refractivity contribution in [2.24, 2.45) is 4.99 Å². The van der Waals surface area contributed by atoms with Crippen LogP contribution < -0.4 is 0 Å². The highest BCUT2D eigenvalue weighted by Gasteiger charge is 2.19. The molecule has 0 aromatic heterocycles. The first-order chi connectivity index (χ1) is 8.18. The van der Waals surface area contributed by atoms with Gasteiger partial charge in [-0.05, 0) is 12.5 Å². The van der Waals surface area contributed by atoms with Crippen LogP contribution in [-0.4, -0.2) is 11.3 Å². The van der Waals surface area contributed by atoms with Crippen LogP contribution >= 0.6 is 0 Å². The van der Waals surface area contributed by atoms with Gasteiger partial charge in [0.2, 0.25) is 0 Å². The Kier molecular flexibility index (Phi) is 3.35. The number of aliphatic hydroxyl groups is 1. The van der Waals surface area contributed by atoms with Gasteiger partial charge in [-0.25, -0.2) is 0 Å². The van der Waals surface area contributed by atoms with E-state index in [2.05, 4.69) is 4.99 Å². The number of hydrogen-bond acceptors (Lipinski definition) is 2. The van der Waals surface area contributed by atoms with E-state index in [1.165, 1.54) is 0 Å². The monoisotopic (exact) mass is 225 g/mol. The average molecular weight is 225 g/mol. The molecule has 17 heavy (non-hydrogen) atoms. The molecule has 0 radical (unpaired) electrons. The molecule has 1 N–H and O–H groups in total. The third-order valence-corrected chi connectivity index (χ3v) is 2.59. The molecule has 1 unspecified atom stereocenters. The summed E-state index contributed by atoms with van der Waals surface area (Å²) in [5, 5.41) is 10.2. The molecule has 86 valence electrons. The Morgan fingerprint density at radius 1 is 0.941 bits per heavy atom. The van der Waals surface area contributed by atoms with Crippen LogP contribution in [0.15, 0.2) is 65.7 Å². The van der Waals surface area contributed by atoms with E-state index >= 15 is 0 Å². The Bertz CT molecular complexity index is 489. The van der Waals surface area contributed by atoms with Crippen molar-refractivity contribution in [2.75, 3.05) is 0 Å². The summed E-state index contributed by atoms with van der Waals surface area (Å²) in [7, 11) is 0. The summed E-state index contributed by atoms with van der Waals surface area (Å²) in [5.41, 5.74) is 0.577. The topological polar surface area (TPSA) is 32.6 Å². The molecule has 0 aliphatic rings. The van der Waals surface area contributed by atoms with Gasteiger partial charge >= 0.3 is 0 Å². The van der Waals surface area contributed by atoms with Gasteiger partial charge in [-0.1, -0.05) is 60.7 Å². The van der Waals surface area contributed by atoms with Crippen LogP contribution in [0.1, 0.15) is 18.1 Å². The normalized spacial score (nSPS) is 14.7. The summed E-state index contributed by atoms with van der Waals surface area (Å²) in [5.74, 6) is 0. The average Bonchev–Trinajstić information content (AvgIpc) is 2.39. The second kappa shape index (κ2) is 4.93. The highest BCUT2D eigenvalue weighted by Crippen LogP contribution is 2.21. The Morgan fingerprint density at radius 2 is 1.47 bits per heavy atom. The molecular formula is C15H15NO. The van der Waals surface area contributed by atoms with Gasteiger partial charge in [0.1, 0.15) is 0 Å². The van der Waals surface area contributed by atoms with Gasteiger partial charge in [-0.15, -0.1) is 0 Å². The van der Waals surface area contributed by atoms with E-state index in [0.29, 0.717) is 0 Å². The Morgan fingerprint density at radius 3 is 2.06 bits per heavy atom. The summed E-state index contributed by atoms with van der Waals surface area (Å²) in [6, 6.07) is 19.2. The highest BCUT2D eigenvalue weighted by molar-refractivity contribution is 5.79. The summed E-state index contributed by atoms with van der Waals surface area (Å²) < 4.78 is 0. The van der Waals surface area contributed by atoms with Crippen molar-refractivity contribution < 1.29 is 5.11 Å². The molecule has 2 heteroatoms. The van der Waals surface area contributed by atoms with Crippen LogP contribution in [0.3, 0.4) is 0 Å². The van der Waals surface area contributed by atoms with Crippen molar-refractivity contribution in [1.82, 2.24) is 0 Å². The van der Waals surface area contributed by atoms with Crippen molar-refractivity contribution in [3.05, 3.63) is 71.8 Å². The van der Waals surface area contributed by atoms with E-state index in [0.717, 1.165) is 11.1 Å². The lowest BCUT2D eigenvalue weighted by Crippen LogP contribution is -2.18. The fourth-order valence-corrected chi connectivity index (χ4v) is 1.57. The minimum Gasteiger partial charge on any atom is -0.366 e. The van der Waals surface area contributed by atoms with Crippen molar-refractivity contribution in [3.63, 3.8) is 0 Å². The van der Waals surface area contributed by atoms with Gasteiger partial charge < -0.3 is 5.11 Å². The Hall–Kier alpha value is -1.93. The van der Waals surface area contributed by atoms with Gasteiger partial charge in [-0.2, -0.15) is 0 Å². The Balaban J connectivity index is 2.21. The SMILES string of the molecule is CC(O)(N=Cc1ccccc1)c1ccccc1. The number of aliphatic imine (C=N–C) groups is 1. The van der Waals surface area contributed by atoms with Crippen LogP contribution in [0.2, 0.25) is 0 Å². The maximum atomic E-state index is 10.2. The minimum atomic E-state index is -1.18. The second-order valence-corrected chi connectivity index (χ2v) is 4.06. The summed E-state index contributed by atoms with van der Waals surface area (Å²) in [4.78, 5) is 4.23. The molecule has 2 nitrogen and oxygen atoms in total. The first-order valence-corrected chi connectivity index (χ1v) is 5.57. The predicted molar refractivity (Wildman–Crippen MR) is 70.0 cm³/mol. The van der Waals surface area contributed by atoms with Crippen LogP contribution in [0.5, 0.6) is 0 Å². The van der Waals surface area contributed by atoms with Crippen molar-refractivity contribution in [2.45, 2.75) is 12.6 Å². The first kappa shape index (κ1) is 11.6. The number of nitrogens with zero attached hydrogens (tertiary/aromatic N) is 1. The fourth-order valence-electron chi connectivity index (χ4n) is 1.57. The maximum Gasteiger partial charge on any atom is 0.179 e. The van der Waals surface area contributed by atoms with E-state index in [4.69, 9.17) is 0 Å². The summed E-state index contributed by atoms with van der Waals surface area (Å²) in [6.45, 7) is 1.68. The lowest BCUT2D eigenvalue weighted by molar-refractivity contribution is 0.0683. The lowest BCUT2D eigenvalue weighted by Gasteiger charge is -2.18. The third kappa shape index (κ3) is 3.02. The largest absolute Gasteiger partial charge is 0.366 e. The smallest absolute Gasteiger partial charge is 0.179 e. The van der Waals surface area contributed by atoms with Gasteiger partial charge in [-0.3, -0.25) is 4.99 Å². The molecular weight excluding hydrogens is 210 g/mol. The fraction of sp³-hybridized carbons (Fsp3) is 0.133. The van der Waals surface area contributed by atoms with Crippen molar-refractivity contribution >= 4 is 6.21 Å². The molecule has 0 fully saturated rings. The third-order valence-electron chi connectivity index (χ3n) is 2.59. The van der Waals surface area contributed by atoms with Gasteiger partial charge in [0.25, 0.3) is 0 Å². The van der Waals surface area contributed by atoms with E-state index in [1.807, 2.05) is 60.7 Å². The summed E-state index contributed by atoms with van der Waals surface area (Å²) in [6.07, 6.45) is 1.69. The number of benzene rings is 2.